The highest BCUT2D eigenvalue weighted by Gasteiger charge is 2.28. The number of hydrogen-bond acceptors (Lipinski definition) is 9. The molecule has 0 fully saturated rings. The van der Waals surface area contributed by atoms with Crippen molar-refractivity contribution in [2.24, 2.45) is 5.73 Å². The van der Waals surface area contributed by atoms with E-state index >= 15 is 0 Å². The molecule has 1 aliphatic carbocycles. The summed E-state index contributed by atoms with van der Waals surface area (Å²) in [5.74, 6) is 1.08. The van der Waals surface area contributed by atoms with Crippen LogP contribution in [0.4, 0.5) is 0 Å². The number of aromatic nitrogens is 1. The van der Waals surface area contributed by atoms with E-state index in [0.29, 0.717) is 37.1 Å². The van der Waals surface area contributed by atoms with Crippen LogP contribution < -0.4 is 19.9 Å². The summed E-state index contributed by atoms with van der Waals surface area (Å²) in [6, 6.07) is 24.6. The van der Waals surface area contributed by atoms with Gasteiger partial charge >= 0.3 is 5.97 Å². The molecule has 1 heterocycles. The summed E-state index contributed by atoms with van der Waals surface area (Å²) in [4.78, 5) is 16.0. The molecule has 9 nitrogen and oxygen atoms in total. The van der Waals surface area contributed by atoms with Crippen molar-refractivity contribution in [3.8, 4) is 39.8 Å². The van der Waals surface area contributed by atoms with E-state index in [-0.39, 0.29) is 25.5 Å². The maximum atomic E-state index is 11.5. The minimum Gasteiger partial charge on any atom is -0.488 e. The number of nitrogens with two attached hydrogens (primary N) is 1. The largest absolute Gasteiger partial charge is 0.488 e. The third kappa shape index (κ3) is 7.67. The summed E-state index contributed by atoms with van der Waals surface area (Å²) < 4.78 is 34.1. The summed E-state index contributed by atoms with van der Waals surface area (Å²) >= 11 is 0. The summed E-state index contributed by atoms with van der Waals surface area (Å²) in [6.07, 6.45) is 1.19. The van der Waals surface area contributed by atoms with Gasteiger partial charge in [-0.15, -0.1) is 0 Å². The predicted octanol–water partition coefficient (Wildman–Crippen LogP) is 6.58. The first-order valence-corrected chi connectivity index (χ1v) is 15.7. The van der Waals surface area contributed by atoms with Gasteiger partial charge in [-0.25, -0.2) is 0 Å². The minimum atomic E-state index is -0.491. The standard InChI is InChI=1S/C37H42N2O7/c1-5-42-36(43-6-2)23-44-27-16-13-25(14-17-27)28-9-7-10-29(24(28)3)30-11-8-12-32-31(30)18-19-33(32)46-34-20-15-26(37(39-34)41-4)22-45-35(40)21-38/h7-17,20,33,36H,5-6,18-19,21-23,38H2,1-4H3/t33-/m0/s1. The Balaban J connectivity index is 1.32. The highest BCUT2D eigenvalue weighted by molar-refractivity contribution is 5.80. The number of carbonyl (C=O) groups is 1. The average Bonchev–Trinajstić information content (AvgIpc) is 3.49. The monoisotopic (exact) mass is 626 g/mol. The Morgan fingerprint density at radius 2 is 1.65 bits per heavy atom. The van der Waals surface area contributed by atoms with E-state index < -0.39 is 5.97 Å². The Morgan fingerprint density at radius 3 is 2.37 bits per heavy atom. The third-order valence-corrected chi connectivity index (χ3v) is 8.02. The topological polar surface area (TPSA) is 111 Å². The summed E-state index contributed by atoms with van der Waals surface area (Å²) in [5.41, 5.74) is 14.3. The van der Waals surface area contributed by atoms with Gasteiger partial charge in [-0.1, -0.05) is 48.5 Å². The molecule has 0 saturated carbocycles. The zero-order valence-corrected chi connectivity index (χ0v) is 26.9. The zero-order valence-electron chi connectivity index (χ0n) is 26.9. The highest BCUT2D eigenvalue weighted by Crippen LogP contribution is 2.42. The van der Waals surface area contributed by atoms with Crippen molar-refractivity contribution < 1.29 is 33.2 Å². The first kappa shape index (κ1) is 32.9. The SMILES string of the molecule is CCOC(COc1ccc(-c2cccc(-c3cccc4c3CC[C@@H]4Oc3ccc(COC(=O)CN)c(OC)n3)c2C)cc1)OCC. The molecule has 2 N–H and O–H groups in total. The molecule has 1 aromatic heterocycles. The number of pyridine rings is 1. The van der Waals surface area contributed by atoms with Crippen LogP contribution in [0.3, 0.4) is 0 Å². The first-order chi connectivity index (χ1) is 22.4. The van der Waals surface area contributed by atoms with Gasteiger partial charge in [0, 0.05) is 19.3 Å². The lowest BCUT2D eigenvalue weighted by Crippen LogP contribution is -2.25. The third-order valence-electron chi connectivity index (χ3n) is 8.02. The van der Waals surface area contributed by atoms with Crippen molar-refractivity contribution in [2.45, 2.75) is 52.6 Å². The Labute approximate surface area is 270 Å². The van der Waals surface area contributed by atoms with Gasteiger partial charge < -0.3 is 34.2 Å². The fraction of sp³-hybridized carbons (Fsp3) is 0.351. The molecular weight excluding hydrogens is 584 g/mol. The lowest BCUT2D eigenvalue weighted by molar-refractivity contribution is -0.152. The van der Waals surface area contributed by atoms with Crippen molar-refractivity contribution in [1.29, 1.82) is 0 Å². The Kier molecular flexibility index (Phi) is 11.3. The number of hydrogen-bond donors (Lipinski definition) is 1. The van der Waals surface area contributed by atoms with E-state index in [4.69, 9.17) is 34.2 Å². The van der Waals surface area contributed by atoms with Gasteiger partial charge in [0.2, 0.25) is 11.8 Å². The number of carbonyl (C=O) groups excluding carboxylic acids is 1. The molecular formula is C37H42N2O7. The quantitative estimate of drug-likeness (QED) is 0.116. The van der Waals surface area contributed by atoms with Gasteiger partial charge in [-0.2, -0.15) is 4.98 Å². The van der Waals surface area contributed by atoms with Gasteiger partial charge in [-0.3, -0.25) is 4.79 Å². The Bertz CT molecular complexity index is 1620. The number of nitrogens with zero attached hydrogens (tertiary/aromatic N) is 1. The van der Waals surface area contributed by atoms with Crippen LogP contribution in [0.25, 0.3) is 22.3 Å². The smallest absolute Gasteiger partial charge is 0.320 e. The van der Waals surface area contributed by atoms with Crippen LogP contribution in [0, 0.1) is 6.92 Å². The summed E-state index contributed by atoms with van der Waals surface area (Å²) in [5, 5.41) is 0. The summed E-state index contributed by atoms with van der Waals surface area (Å²) in [7, 11) is 1.53. The lowest BCUT2D eigenvalue weighted by atomic mass is 9.89. The number of ether oxygens (including phenoxy) is 6. The van der Waals surface area contributed by atoms with Crippen molar-refractivity contribution in [2.75, 3.05) is 33.5 Å². The van der Waals surface area contributed by atoms with E-state index in [1.165, 1.54) is 34.9 Å². The highest BCUT2D eigenvalue weighted by atomic mass is 16.7. The van der Waals surface area contributed by atoms with Gasteiger partial charge in [0.05, 0.1) is 19.2 Å². The van der Waals surface area contributed by atoms with Crippen LogP contribution in [-0.4, -0.2) is 50.7 Å². The first-order valence-electron chi connectivity index (χ1n) is 15.7. The van der Waals surface area contributed by atoms with Crippen LogP contribution in [0.15, 0.2) is 72.8 Å². The minimum absolute atomic E-state index is 0.0296. The summed E-state index contributed by atoms with van der Waals surface area (Å²) in [6.45, 7) is 7.38. The van der Waals surface area contributed by atoms with Gasteiger partial charge in [0.1, 0.15) is 25.1 Å². The van der Waals surface area contributed by atoms with E-state index in [1.807, 2.05) is 26.0 Å². The van der Waals surface area contributed by atoms with Crippen LogP contribution in [0.2, 0.25) is 0 Å². The second-order valence-electron chi connectivity index (χ2n) is 10.9. The number of benzene rings is 3. The van der Waals surface area contributed by atoms with E-state index in [9.17, 15) is 4.79 Å². The van der Waals surface area contributed by atoms with Crippen LogP contribution >= 0.6 is 0 Å². The zero-order chi connectivity index (χ0) is 32.5. The maximum absolute atomic E-state index is 11.5. The number of methoxy groups -OCH3 is 1. The maximum Gasteiger partial charge on any atom is 0.320 e. The molecule has 0 unspecified atom stereocenters. The van der Waals surface area contributed by atoms with E-state index in [0.717, 1.165) is 29.7 Å². The van der Waals surface area contributed by atoms with Crippen LogP contribution in [0.5, 0.6) is 17.5 Å². The van der Waals surface area contributed by atoms with E-state index in [2.05, 4.69) is 60.4 Å². The molecule has 1 aliphatic rings. The molecule has 242 valence electrons. The normalized spacial score (nSPS) is 13.8. The van der Waals surface area contributed by atoms with Crippen molar-refractivity contribution in [1.82, 2.24) is 4.98 Å². The average molecular weight is 627 g/mol. The number of rotatable bonds is 15. The van der Waals surface area contributed by atoms with E-state index in [1.54, 1.807) is 12.1 Å². The molecule has 0 bridgehead atoms. The Morgan fingerprint density at radius 1 is 0.935 bits per heavy atom. The Hall–Kier alpha value is -4.44. The van der Waals surface area contributed by atoms with Crippen LogP contribution in [-0.2, 0) is 32.0 Å². The molecule has 0 spiro atoms. The van der Waals surface area contributed by atoms with Gasteiger partial charge in [0.25, 0.3) is 0 Å². The molecule has 3 aromatic carbocycles. The van der Waals surface area contributed by atoms with Crippen molar-refractivity contribution in [3.63, 3.8) is 0 Å². The molecule has 0 aliphatic heterocycles. The second-order valence-corrected chi connectivity index (χ2v) is 10.9. The van der Waals surface area contributed by atoms with Crippen LogP contribution in [0.1, 0.15) is 48.6 Å². The second kappa shape index (κ2) is 15.7. The fourth-order valence-electron chi connectivity index (χ4n) is 5.81. The molecule has 0 saturated heterocycles. The molecule has 5 rings (SSSR count). The van der Waals surface area contributed by atoms with Crippen molar-refractivity contribution >= 4 is 5.97 Å². The number of esters is 1. The molecule has 4 aromatic rings. The lowest BCUT2D eigenvalue weighted by Gasteiger charge is -2.18. The fourth-order valence-corrected chi connectivity index (χ4v) is 5.81. The van der Waals surface area contributed by atoms with Gasteiger partial charge in [0.15, 0.2) is 6.29 Å². The molecule has 9 heteroatoms. The molecule has 1 atom stereocenters. The molecule has 46 heavy (non-hydrogen) atoms. The molecule has 0 radical (unpaired) electrons. The van der Waals surface area contributed by atoms with Crippen molar-refractivity contribution in [3.05, 3.63) is 95.1 Å². The number of fused-ring (bicyclic) bond motifs is 1. The predicted molar refractivity (Wildman–Crippen MR) is 176 cm³/mol. The molecule has 0 amide bonds. The van der Waals surface area contributed by atoms with Gasteiger partial charge in [-0.05, 0) is 90.8 Å².